The zero-order valence-electron chi connectivity index (χ0n) is 20.1. The average Bonchev–Trinajstić information content (AvgIpc) is 3.06. The normalized spacial score (nSPS) is 15.1. The van der Waals surface area contributed by atoms with Gasteiger partial charge in [0.1, 0.15) is 5.57 Å². The second-order valence-corrected chi connectivity index (χ2v) is 8.65. The molecule has 8 nitrogen and oxygen atoms in total. The number of hydrogen-bond donors (Lipinski definition) is 2. The molecule has 0 saturated carbocycles. The van der Waals surface area contributed by atoms with Crippen LogP contribution in [0.2, 0.25) is 0 Å². The lowest BCUT2D eigenvalue weighted by Gasteiger charge is -2.28. The number of imide groups is 2. The molecule has 4 amide bonds. The standard InChI is InChI=1S/C27H25N3O5/c1-14-7-6-8-23(17(14)4)30-25(32)21(24(31)28-27(30)35)13-20-12-16(3)29(18(20)5)22-10-9-19(26(33)34)11-15(22)2/h6-13H,1-5H3,(H,33,34)(H,28,31,35)/b21-13+. The summed E-state index contributed by atoms with van der Waals surface area (Å²) in [4.78, 5) is 50.9. The maximum Gasteiger partial charge on any atom is 0.335 e. The summed E-state index contributed by atoms with van der Waals surface area (Å²) in [5, 5.41) is 11.5. The fourth-order valence-electron chi connectivity index (χ4n) is 4.35. The number of rotatable bonds is 4. The Labute approximate surface area is 202 Å². The van der Waals surface area contributed by atoms with Gasteiger partial charge in [0, 0.05) is 17.1 Å². The molecule has 1 aliphatic rings. The van der Waals surface area contributed by atoms with Crippen LogP contribution in [0.15, 0.2) is 48.0 Å². The lowest BCUT2D eigenvalue weighted by atomic mass is 10.0. The number of urea groups is 1. The molecule has 0 spiro atoms. The van der Waals surface area contributed by atoms with Crippen LogP contribution >= 0.6 is 0 Å². The Bertz CT molecular complexity index is 1460. The molecule has 0 atom stereocenters. The third kappa shape index (κ3) is 4.03. The molecule has 1 saturated heterocycles. The summed E-state index contributed by atoms with van der Waals surface area (Å²) in [7, 11) is 0. The SMILES string of the molecule is Cc1cc(C(=O)O)ccc1-n1c(C)cc(/C=C2\C(=O)NC(=O)N(c3cccc(C)c3C)C2=O)c1C. The van der Waals surface area contributed by atoms with Crippen LogP contribution in [0.1, 0.15) is 44.0 Å². The van der Waals surface area contributed by atoms with Crippen LogP contribution in [0, 0.1) is 34.6 Å². The highest BCUT2D eigenvalue weighted by Gasteiger charge is 2.37. The van der Waals surface area contributed by atoms with Gasteiger partial charge in [0.05, 0.1) is 11.3 Å². The molecule has 3 aromatic rings. The number of aromatic nitrogens is 1. The number of hydrogen-bond acceptors (Lipinski definition) is 4. The predicted octanol–water partition coefficient (Wildman–Crippen LogP) is 4.38. The Kier molecular flexibility index (Phi) is 5.90. The monoisotopic (exact) mass is 471 g/mol. The van der Waals surface area contributed by atoms with Crippen molar-refractivity contribution >= 4 is 35.6 Å². The number of nitrogens with zero attached hydrogens (tertiary/aromatic N) is 2. The molecule has 178 valence electrons. The summed E-state index contributed by atoms with van der Waals surface area (Å²) in [5.41, 5.74) is 5.94. The number of carbonyl (C=O) groups excluding carboxylic acids is 3. The van der Waals surface area contributed by atoms with E-state index >= 15 is 0 Å². The highest BCUT2D eigenvalue weighted by Crippen LogP contribution is 2.29. The number of anilines is 1. The van der Waals surface area contributed by atoms with Gasteiger partial charge in [0.2, 0.25) is 0 Å². The molecule has 0 aliphatic carbocycles. The van der Waals surface area contributed by atoms with E-state index in [4.69, 9.17) is 0 Å². The first-order valence-electron chi connectivity index (χ1n) is 11.0. The maximum absolute atomic E-state index is 13.4. The molecule has 0 radical (unpaired) electrons. The molecule has 1 aromatic heterocycles. The molecule has 4 rings (SSSR count). The minimum absolute atomic E-state index is 0.149. The van der Waals surface area contributed by atoms with Crippen LogP contribution in [0.5, 0.6) is 0 Å². The van der Waals surface area contributed by atoms with E-state index in [0.717, 1.165) is 38.7 Å². The second kappa shape index (κ2) is 8.72. The lowest BCUT2D eigenvalue weighted by molar-refractivity contribution is -0.122. The maximum atomic E-state index is 13.4. The molecular weight excluding hydrogens is 446 g/mol. The van der Waals surface area contributed by atoms with Crippen molar-refractivity contribution in [1.82, 2.24) is 9.88 Å². The highest BCUT2D eigenvalue weighted by molar-refractivity contribution is 6.39. The smallest absolute Gasteiger partial charge is 0.335 e. The molecule has 2 N–H and O–H groups in total. The quantitative estimate of drug-likeness (QED) is 0.434. The first-order chi connectivity index (χ1) is 16.5. The van der Waals surface area contributed by atoms with Gasteiger partial charge in [-0.15, -0.1) is 0 Å². The Balaban J connectivity index is 1.79. The van der Waals surface area contributed by atoms with Crippen molar-refractivity contribution in [3.63, 3.8) is 0 Å². The molecule has 1 fully saturated rings. The Morgan fingerprint density at radius 2 is 1.63 bits per heavy atom. The lowest BCUT2D eigenvalue weighted by Crippen LogP contribution is -2.54. The first kappa shape index (κ1) is 23.7. The van der Waals surface area contributed by atoms with E-state index in [1.54, 1.807) is 24.3 Å². The number of amides is 4. The molecule has 35 heavy (non-hydrogen) atoms. The van der Waals surface area contributed by atoms with Crippen LogP contribution in [0.25, 0.3) is 11.8 Å². The van der Waals surface area contributed by atoms with E-state index in [2.05, 4.69) is 5.32 Å². The van der Waals surface area contributed by atoms with Crippen LogP contribution < -0.4 is 10.2 Å². The van der Waals surface area contributed by atoms with Gasteiger partial charge in [-0.1, -0.05) is 12.1 Å². The molecule has 8 heteroatoms. The zero-order chi connectivity index (χ0) is 25.6. The van der Waals surface area contributed by atoms with Gasteiger partial charge in [0.25, 0.3) is 11.8 Å². The summed E-state index contributed by atoms with van der Waals surface area (Å²) in [5.74, 6) is -2.46. The molecule has 2 heterocycles. The summed E-state index contributed by atoms with van der Waals surface area (Å²) < 4.78 is 1.94. The first-order valence-corrected chi connectivity index (χ1v) is 11.0. The minimum Gasteiger partial charge on any atom is -0.478 e. The van der Waals surface area contributed by atoms with Crippen molar-refractivity contribution in [3.8, 4) is 5.69 Å². The summed E-state index contributed by atoms with van der Waals surface area (Å²) >= 11 is 0. The van der Waals surface area contributed by atoms with Gasteiger partial charge < -0.3 is 9.67 Å². The Morgan fingerprint density at radius 1 is 0.914 bits per heavy atom. The second-order valence-electron chi connectivity index (χ2n) is 8.65. The summed E-state index contributed by atoms with van der Waals surface area (Å²) in [6.45, 7) is 9.26. The van der Waals surface area contributed by atoms with E-state index in [9.17, 15) is 24.3 Å². The van der Waals surface area contributed by atoms with Crippen LogP contribution in [-0.4, -0.2) is 33.5 Å². The Morgan fingerprint density at radius 3 is 2.29 bits per heavy atom. The van der Waals surface area contributed by atoms with E-state index in [1.165, 1.54) is 12.1 Å². The van der Waals surface area contributed by atoms with E-state index < -0.39 is 23.8 Å². The van der Waals surface area contributed by atoms with E-state index in [0.29, 0.717) is 11.3 Å². The fourth-order valence-corrected chi connectivity index (χ4v) is 4.35. The number of carbonyl (C=O) groups is 4. The number of barbiturate groups is 1. The number of aryl methyl sites for hydroxylation is 3. The van der Waals surface area contributed by atoms with Gasteiger partial charge in [-0.05, 0) is 93.3 Å². The van der Waals surface area contributed by atoms with Crippen molar-refractivity contribution in [2.75, 3.05) is 4.90 Å². The van der Waals surface area contributed by atoms with E-state index in [-0.39, 0.29) is 11.1 Å². The van der Waals surface area contributed by atoms with Gasteiger partial charge in [-0.25, -0.2) is 14.5 Å². The summed E-state index contributed by atoms with van der Waals surface area (Å²) in [6.07, 6.45) is 1.49. The van der Waals surface area contributed by atoms with Crippen molar-refractivity contribution in [2.24, 2.45) is 0 Å². The number of aromatic carboxylic acids is 1. The molecule has 1 aliphatic heterocycles. The molecule has 2 aromatic carbocycles. The number of carboxylic acid groups (broad SMARTS) is 1. The van der Waals surface area contributed by atoms with Crippen molar-refractivity contribution in [2.45, 2.75) is 34.6 Å². The predicted molar refractivity (Wildman–Crippen MR) is 132 cm³/mol. The summed E-state index contributed by atoms with van der Waals surface area (Å²) in [6, 6.07) is 11.2. The van der Waals surface area contributed by atoms with Gasteiger partial charge in [0.15, 0.2) is 0 Å². The van der Waals surface area contributed by atoms with Gasteiger partial charge in [-0.3, -0.25) is 14.9 Å². The molecule has 0 bridgehead atoms. The van der Waals surface area contributed by atoms with Crippen LogP contribution in [-0.2, 0) is 9.59 Å². The van der Waals surface area contributed by atoms with Crippen molar-refractivity contribution < 1.29 is 24.3 Å². The number of nitrogens with one attached hydrogen (secondary N) is 1. The molecule has 0 unspecified atom stereocenters. The van der Waals surface area contributed by atoms with Crippen LogP contribution in [0.3, 0.4) is 0 Å². The molecular formula is C27H25N3O5. The van der Waals surface area contributed by atoms with Crippen molar-refractivity contribution in [1.29, 1.82) is 0 Å². The largest absolute Gasteiger partial charge is 0.478 e. The minimum atomic E-state index is -1.00. The van der Waals surface area contributed by atoms with Crippen LogP contribution in [0.4, 0.5) is 10.5 Å². The third-order valence-corrected chi connectivity index (χ3v) is 6.37. The number of carboxylic acids is 1. The fraction of sp³-hybridized carbons (Fsp3) is 0.185. The topological polar surface area (TPSA) is 109 Å². The average molecular weight is 472 g/mol. The van der Waals surface area contributed by atoms with Gasteiger partial charge in [-0.2, -0.15) is 0 Å². The van der Waals surface area contributed by atoms with Crippen molar-refractivity contribution in [3.05, 3.63) is 87.2 Å². The van der Waals surface area contributed by atoms with Gasteiger partial charge >= 0.3 is 12.0 Å². The Hall–Kier alpha value is -4.46. The highest BCUT2D eigenvalue weighted by atomic mass is 16.4. The third-order valence-electron chi connectivity index (χ3n) is 6.37. The number of benzene rings is 2. The van der Waals surface area contributed by atoms with E-state index in [1.807, 2.05) is 51.3 Å². The zero-order valence-corrected chi connectivity index (χ0v) is 20.1.